The number of rotatable bonds is 6. The van der Waals surface area contributed by atoms with Gasteiger partial charge in [-0.15, -0.1) is 0 Å². The third-order valence-electron chi connectivity index (χ3n) is 7.13. The van der Waals surface area contributed by atoms with Gasteiger partial charge in [-0.1, -0.05) is 0 Å². The maximum absolute atomic E-state index is 12.9. The molecule has 2 saturated heterocycles. The number of aromatic nitrogens is 2. The molecule has 33 heavy (non-hydrogen) atoms. The summed E-state index contributed by atoms with van der Waals surface area (Å²) in [6, 6.07) is 10.0. The number of carbonyl (C=O) groups is 1. The van der Waals surface area contributed by atoms with Crippen LogP contribution in [-0.4, -0.2) is 77.2 Å². The molecule has 0 spiro atoms. The molecule has 5 rings (SSSR count). The first-order chi connectivity index (χ1) is 16.2. The molecular formula is C26H32N4O3. The number of piperidine rings is 1. The highest BCUT2D eigenvalue weighted by atomic mass is 16.5. The van der Waals surface area contributed by atoms with E-state index < -0.39 is 0 Å². The van der Waals surface area contributed by atoms with Crippen molar-refractivity contribution in [2.24, 2.45) is 0 Å². The summed E-state index contributed by atoms with van der Waals surface area (Å²) in [5.74, 6) is 1.24. The second kappa shape index (κ2) is 9.53. The Hall–Kier alpha value is -2.90. The number of ether oxygens (including phenoxy) is 1. The molecule has 0 unspecified atom stereocenters. The summed E-state index contributed by atoms with van der Waals surface area (Å²) in [4.78, 5) is 25.2. The second-order valence-electron chi connectivity index (χ2n) is 9.10. The van der Waals surface area contributed by atoms with E-state index in [1.54, 1.807) is 7.11 Å². The predicted molar refractivity (Wildman–Crippen MR) is 129 cm³/mol. The number of methoxy groups -OCH3 is 1. The van der Waals surface area contributed by atoms with Crippen LogP contribution in [0, 0.1) is 0 Å². The summed E-state index contributed by atoms with van der Waals surface area (Å²) in [7, 11) is 1.66. The zero-order valence-corrected chi connectivity index (χ0v) is 19.2. The van der Waals surface area contributed by atoms with E-state index in [9.17, 15) is 9.90 Å². The molecule has 7 nitrogen and oxygen atoms in total. The van der Waals surface area contributed by atoms with Crippen LogP contribution in [0.25, 0.3) is 22.2 Å². The van der Waals surface area contributed by atoms with E-state index >= 15 is 0 Å². The van der Waals surface area contributed by atoms with Crippen molar-refractivity contribution in [2.45, 2.75) is 31.6 Å². The number of amides is 1. The Labute approximate surface area is 194 Å². The topological polar surface area (TPSA) is 81.7 Å². The molecule has 2 aromatic heterocycles. The van der Waals surface area contributed by atoms with Gasteiger partial charge in [0.1, 0.15) is 11.4 Å². The zero-order chi connectivity index (χ0) is 22.8. The minimum atomic E-state index is 0.0775. The highest BCUT2D eigenvalue weighted by molar-refractivity contribution is 5.98. The normalized spacial score (nSPS) is 17.7. The molecule has 2 N–H and O–H groups in total. The Kier molecular flexibility index (Phi) is 6.33. The fourth-order valence-corrected chi connectivity index (χ4v) is 5.26. The molecule has 0 atom stereocenters. The van der Waals surface area contributed by atoms with Crippen LogP contribution in [0.4, 0.5) is 0 Å². The van der Waals surface area contributed by atoms with Crippen molar-refractivity contribution < 1.29 is 14.6 Å². The number of hydrogen-bond donors (Lipinski definition) is 2. The number of aliphatic hydroxyl groups is 1. The minimum absolute atomic E-state index is 0.0775. The zero-order valence-electron chi connectivity index (χ0n) is 19.2. The molecule has 2 fully saturated rings. The molecular weight excluding hydrogens is 416 g/mol. The summed E-state index contributed by atoms with van der Waals surface area (Å²) in [5.41, 5.74) is 4.78. The number of pyridine rings is 1. The highest BCUT2D eigenvalue weighted by Gasteiger charge is 2.24. The Morgan fingerprint density at radius 3 is 2.64 bits per heavy atom. The average Bonchev–Trinajstić information content (AvgIpc) is 3.54. The van der Waals surface area contributed by atoms with Crippen molar-refractivity contribution in [3.05, 3.63) is 47.8 Å². The van der Waals surface area contributed by atoms with E-state index in [-0.39, 0.29) is 12.5 Å². The average molecular weight is 449 g/mol. The van der Waals surface area contributed by atoms with Crippen LogP contribution in [-0.2, 0) is 0 Å². The van der Waals surface area contributed by atoms with E-state index in [4.69, 9.17) is 4.74 Å². The van der Waals surface area contributed by atoms with Gasteiger partial charge in [-0.2, -0.15) is 0 Å². The van der Waals surface area contributed by atoms with E-state index in [1.165, 1.54) is 5.69 Å². The van der Waals surface area contributed by atoms with Gasteiger partial charge in [0, 0.05) is 54.0 Å². The Bertz CT molecular complexity index is 1130. The van der Waals surface area contributed by atoms with Gasteiger partial charge >= 0.3 is 0 Å². The number of aliphatic hydroxyl groups excluding tert-OH is 1. The van der Waals surface area contributed by atoms with E-state index in [2.05, 4.69) is 20.9 Å². The number of hydrogen-bond acceptors (Lipinski definition) is 5. The number of carbonyl (C=O) groups excluding carboxylic acids is 1. The second-order valence-corrected chi connectivity index (χ2v) is 9.10. The summed E-state index contributed by atoms with van der Waals surface area (Å²) in [6.45, 7) is 4.63. The maximum atomic E-state index is 12.9. The van der Waals surface area contributed by atoms with Crippen LogP contribution in [0.3, 0.4) is 0 Å². The Morgan fingerprint density at radius 1 is 1.12 bits per heavy atom. The van der Waals surface area contributed by atoms with Crippen LogP contribution in [0.2, 0.25) is 0 Å². The number of nitrogens with zero attached hydrogens (tertiary/aromatic N) is 3. The van der Waals surface area contributed by atoms with Crippen LogP contribution < -0.4 is 4.74 Å². The number of nitrogens with one attached hydrogen (secondary N) is 1. The number of H-pyrrole nitrogens is 1. The van der Waals surface area contributed by atoms with Crippen molar-refractivity contribution in [1.82, 2.24) is 19.8 Å². The van der Waals surface area contributed by atoms with E-state index in [0.717, 1.165) is 80.6 Å². The lowest BCUT2D eigenvalue weighted by Gasteiger charge is -2.30. The SMILES string of the molecule is COc1cc(C(=O)N2CCCC2)ccc1-c1ccnc2[nH]c(C3CCN(CCO)CC3)cc12. The van der Waals surface area contributed by atoms with Crippen molar-refractivity contribution in [3.8, 4) is 16.9 Å². The smallest absolute Gasteiger partial charge is 0.253 e. The molecule has 2 aliphatic heterocycles. The first-order valence-electron chi connectivity index (χ1n) is 12.0. The van der Waals surface area contributed by atoms with Gasteiger partial charge in [-0.25, -0.2) is 4.98 Å². The largest absolute Gasteiger partial charge is 0.496 e. The molecule has 0 bridgehead atoms. The molecule has 0 aliphatic carbocycles. The van der Waals surface area contributed by atoms with Crippen LogP contribution >= 0.6 is 0 Å². The van der Waals surface area contributed by atoms with Crippen LogP contribution in [0.1, 0.15) is 47.7 Å². The lowest BCUT2D eigenvalue weighted by molar-refractivity contribution is 0.0792. The quantitative estimate of drug-likeness (QED) is 0.602. The number of benzene rings is 1. The number of fused-ring (bicyclic) bond motifs is 1. The lowest BCUT2D eigenvalue weighted by Crippen LogP contribution is -2.35. The maximum Gasteiger partial charge on any atom is 0.253 e. The molecule has 7 heteroatoms. The molecule has 4 heterocycles. The first kappa shape index (κ1) is 21.9. The molecule has 1 aromatic carbocycles. The van der Waals surface area contributed by atoms with E-state index in [1.807, 2.05) is 35.4 Å². The Morgan fingerprint density at radius 2 is 1.91 bits per heavy atom. The summed E-state index contributed by atoms with van der Waals surface area (Å²) >= 11 is 0. The molecule has 1 amide bonds. The molecule has 0 saturated carbocycles. The van der Waals surface area contributed by atoms with Gasteiger partial charge in [0.25, 0.3) is 5.91 Å². The van der Waals surface area contributed by atoms with Crippen molar-refractivity contribution in [3.63, 3.8) is 0 Å². The number of aromatic amines is 1. The monoisotopic (exact) mass is 448 g/mol. The van der Waals surface area contributed by atoms with Gasteiger partial charge in [0.05, 0.1) is 13.7 Å². The summed E-state index contributed by atoms with van der Waals surface area (Å²) in [5, 5.41) is 10.3. The standard InChI is InChI=1S/C26H32N4O3/c1-33-24-16-19(26(32)30-10-2-3-11-30)4-5-21(24)20-6-9-27-25-22(20)17-23(28-25)18-7-12-29(13-8-18)14-15-31/h4-6,9,16-18,31H,2-3,7-8,10-15H2,1H3,(H,27,28). The first-order valence-corrected chi connectivity index (χ1v) is 12.0. The van der Waals surface area contributed by atoms with Gasteiger partial charge in [-0.05, 0) is 74.7 Å². The van der Waals surface area contributed by atoms with Gasteiger partial charge in [-0.3, -0.25) is 4.79 Å². The lowest BCUT2D eigenvalue weighted by atomic mass is 9.93. The van der Waals surface area contributed by atoms with Crippen molar-refractivity contribution in [2.75, 3.05) is 46.4 Å². The highest BCUT2D eigenvalue weighted by Crippen LogP contribution is 2.37. The van der Waals surface area contributed by atoms with Crippen molar-refractivity contribution in [1.29, 1.82) is 0 Å². The fraction of sp³-hybridized carbons (Fsp3) is 0.462. The summed E-state index contributed by atoms with van der Waals surface area (Å²) in [6.07, 6.45) is 6.11. The van der Waals surface area contributed by atoms with Crippen LogP contribution in [0.5, 0.6) is 5.75 Å². The molecule has 3 aromatic rings. The predicted octanol–water partition coefficient (Wildman–Crippen LogP) is 3.65. The van der Waals surface area contributed by atoms with Crippen LogP contribution in [0.15, 0.2) is 36.5 Å². The molecule has 2 aliphatic rings. The molecule has 0 radical (unpaired) electrons. The minimum Gasteiger partial charge on any atom is -0.496 e. The molecule has 174 valence electrons. The number of β-amino-alcohol motifs (C(OH)–C–C–N with tert-alkyl or cyclic N) is 1. The number of likely N-dealkylation sites (tertiary alicyclic amines) is 2. The van der Waals surface area contributed by atoms with Gasteiger partial charge < -0.3 is 24.6 Å². The third-order valence-corrected chi connectivity index (χ3v) is 7.13. The van der Waals surface area contributed by atoms with Gasteiger partial charge in [0.2, 0.25) is 0 Å². The fourth-order valence-electron chi connectivity index (χ4n) is 5.26. The summed E-state index contributed by atoms with van der Waals surface area (Å²) < 4.78 is 5.73. The third kappa shape index (κ3) is 4.35. The van der Waals surface area contributed by atoms with Gasteiger partial charge in [0.15, 0.2) is 0 Å². The van der Waals surface area contributed by atoms with Crippen molar-refractivity contribution >= 4 is 16.9 Å². The Balaban J connectivity index is 1.44. The van der Waals surface area contributed by atoms with E-state index in [0.29, 0.717) is 17.2 Å².